The number of hydrogen-bond acceptors (Lipinski definition) is 6. The highest BCUT2D eigenvalue weighted by Crippen LogP contribution is 2.26. The number of aryl methyl sites for hydroxylation is 2. The zero-order chi connectivity index (χ0) is 21.2. The van der Waals surface area contributed by atoms with E-state index < -0.39 is 10.0 Å². The summed E-state index contributed by atoms with van der Waals surface area (Å²) in [6, 6.07) is 6.31. The second-order valence-electron chi connectivity index (χ2n) is 7.37. The van der Waals surface area contributed by atoms with Gasteiger partial charge in [0, 0.05) is 25.7 Å². The molecule has 1 amide bonds. The van der Waals surface area contributed by atoms with E-state index >= 15 is 0 Å². The van der Waals surface area contributed by atoms with Gasteiger partial charge in [-0.15, -0.1) is 0 Å². The molecule has 2 aromatic rings. The number of carbonyl (C=O) groups excluding carboxylic acids is 1. The van der Waals surface area contributed by atoms with Crippen LogP contribution < -0.4 is 4.74 Å². The molecule has 9 heteroatoms. The minimum Gasteiger partial charge on any atom is -0.497 e. The van der Waals surface area contributed by atoms with E-state index in [2.05, 4.69) is 5.16 Å². The summed E-state index contributed by atoms with van der Waals surface area (Å²) < 4.78 is 37.7. The minimum atomic E-state index is -3.66. The Morgan fingerprint density at radius 1 is 1.31 bits per heavy atom. The lowest BCUT2D eigenvalue weighted by atomic mass is 9.98. The molecule has 2 heterocycles. The second-order valence-corrected chi connectivity index (χ2v) is 9.31. The Kier molecular flexibility index (Phi) is 6.28. The number of benzene rings is 1. The van der Waals surface area contributed by atoms with Crippen molar-refractivity contribution in [3.8, 4) is 5.75 Å². The molecule has 0 N–H and O–H groups in total. The molecule has 1 aromatic carbocycles. The Morgan fingerprint density at radius 3 is 2.59 bits per heavy atom. The number of amides is 1. The predicted molar refractivity (Wildman–Crippen MR) is 107 cm³/mol. The summed E-state index contributed by atoms with van der Waals surface area (Å²) >= 11 is 0. The topological polar surface area (TPSA) is 93.0 Å². The first-order valence-corrected chi connectivity index (χ1v) is 11.0. The Labute approximate surface area is 171 Å². The van der Waals surface area contributed by atoms with Crippen molar-refractivity contribution in [3.63, 3.8) is 0 Å². The number of sulfonamides is 1. The fraction of sp³-hybridized carbons (Fsp3) is 0.500. The summed E-state index contributed by atoms with van der Waals surface area (Å²) in [7, 11) is -0.402. The van der Waals surface area contributed by atoms with Crippen molar-refractivity contribution in [1.82, 2.24) is 14.4 Å². The lowest BCUT2D eigenvalue weighted by Crippen LogP contribution is -2.45. The van der Waals surface area contributed by atoms with Gasteiger partial charge in [-0.3, -0.25) is 4.79 Å². The number of carbonyl (C=O) groups is 1. The summed E-state index contributed by atoms with van der Waals surface area (Å²) in [6.45, 7) is 4.64. The molecule has 1 atom stereocenters. The van der Waals surface area contributed by atoms with Crippen molar-refractivity contribution < 1.29 is 22.5 Å². The van der Waals surface area contributed by atoms with Crippen molar-refractivity contribution in [1.29, 1.82) is 0 Å². The van der Waals surface area contributed by atoms with Crippen LogP contribution in [0.5, 0.6) is 5.75 Å². The molecule has 1 aliphatic rings. The molecular formula is C20H27N3O5S. The van der Waals surface area contributed by atoms with Crippen LogP contribution in [0.15, 0.2) is 33.7 Å². The average molecular weight is 422 g/mol. The van der Waals surface area contributed by atoms with Crippen molar-refractivity contribution in [2.45, 2.75) is 38.1 Å². The highest BCUT2D eigenvalue weighted by molar-refractivity contribution is 7.89. The molecule has 0 radical (unpaired) electrons. The fourth-order valence-electron chi connectivity index (χ4n) is 3.61. The Bertz CT molecular complexity index is 949. The molecule has 0 aliphatic carbocycles. The van der Waals surface area contributed by atoms with E-state index in [0.717, 1.165) is 11.3 Å². The van der Waals surface area contributed by atoms with E-state index in [1.54, 1.807) is 24.1 Å². The molecule has 158 valence electrons. The van der Waals surface area contributed by atoms with E-state index in [1.807, 2.05) is 13.8 Å². The molecule has 0 saturated carbocycles. The molecule has 0 bridgehead atoms. The Balaban J connectivity index is 1.71. The van der Waals surface area contributed by atoms with Gasteiger partial charge in [0.25, 0.3) is 0 Å². The van der Waals surface area contributed by atoms with Crippen LogP contribution in [0.3, 0.4) is 0 Å². The number of methoxy groups -OCH3 is 1. The summed E-state index contributed by atoms with van der Waals surface area (Å²) in [4.78, 5) is 14.8. The third-order valence-electron chi connectivity index (χ3n) is 5.38. The maximum absolute atomic E-state index is 13.0. The molecule has 1 fully saturated rings. The second kappa shape index (κ2) is 8.54. The van der Waals surface area contributed by atoms with Gasteiger partial charge in [0.05, 0.1) is 30.2 Å². The van der Waals surface area contributed by atoms with Crippen molar-refractivity contribution in [3.05, 3.63) is 41.3 Å². The van der Waals surface area contributed by atoms with Gasteiger partial charge in [0.2, 0.25) is 15.9 Å². The largest absolute Gasteiger partial charge is 0.497 e. The molecule has 8 nitrogen and oxygen atoms in total. The highest BCUT2D eigenvalue weighted by Gasteiger charge is 2.34. The van der Waals surface area contributed by atoms with Gasteiger partial charge in [-0.25, -0.2) is 8.42 Å². The third kappa shape index (κ3) is 4.45. The van der Waals surface area contributed by atoms with Gasteiger partial charge in [-0.05, 0) is 51.0 Å². The van der Waals surface area contributed by atoms with Crippen LogP contribution >= 0.6 is 0 Å². The van der Waals surface area contributed by atoms with Gasteiger partial charge < -0.3 is 14.2 Å². The molecule has 1 saturated heterocycles. The summed E-state index contributed by atoms with van der Waals surface area (Å²) in [5.41, 5.74) is 1.65. The number of aromatic nitrogens is 1. The van der Waals surface area contributed by atoms with E-state index in [9.17, 15) is 13.2 Å². The van der Waals surface area contributed by atoms with Crippen LogP contribution in [-0.2, 0) is 21.4 Å². The number of rotatable bonds is 6. The first-order chi connectivity index (χ1) is 13.7. The van der Waals surface area contributed by atoms with Crippen LogP contribution in [0.4, 0.5) is 0 Å². The van der Waals surface area contributed by atoms with Crippen LogP contribution in [0.1, 0.15) is 29.9 Å². The first-order valence-electron chi connectivity index (χ1n) is 9.55. The molecule has 3 rings (SSSR count). The van der Waals surface area contributed by atoms with Crippen molar-refractivity contribution >= 4 is 15.9 Å². The lowest BCUT2D eigenvalue weighted by molar-refractivity contribution is -0.135. The monoisotopic (exact) mass is 421 g/mol. The van der Waals surface area contributed by atoms with E-state index in [0.29, 0.717) is 37.4 Å². The normalized spacial score (nSPS) is 17.9. The zero-order valence-electron chi connectivity index (χ0n) is 17.2. The number of piperidine rings is 1. The number of hydrogen-bond donors (Lipinski definition) is 0. The smallest absolute Gasteiger partial charge is 0.243 e. The summed E-state index contributed by atoms with van der Waals surface area (Å²) in [6.07, 6.45) is 1.31. The Hall–Kier alpha value is -2.39. The van der Waals surface area contributed by atoms with Crippen LogP contribution in [0.25, 0.3) is 0 Å². The van der Waals surface area contributed by atoms with E-state index in [4.69, 9.17) is 9.26 Å². The number of nitrogens with zero attached hydrogens (tertiary/aromatic N) is 3. The van der Waals surface area contributed by atoms with Gasteiger partial charge in [-0.2, -0.15) is 4.31 Å². The lowest BCUT2D eigenvalue weighted by Gasteiger charge is -2.33. The SMILES string of the molecule is COc1ccc(S(=O)(=O)N2CCCC(C(=O)N(C)Cc3c(C)noc3C)C2)cc1. The fourth-order valence-corrected chi connectivity index (χ4v) is 5.14. The molecular weight excluding hydrogens is 394 g/mol. The highest BCUT2D eigenvalue weighted by atomic mass is 32.2. The van der Waals surface area contributed by atoms with Crippen LogP contribution in [0, 0.1) is 19.8 Å². The van der Waals surface area contributed by atoms with E-state index in [1.165, 1.54) is 23.5 Å². The zero-order valence-corrected chi connectivity index (χ0v) is 18.0. The molecule has 0 spiro atoms. The average Bonchev–Trinajstić information content (AvgIpc) is 3.05. The summed E-state index contributed by atoms with van der Waals surface area (Å²) in [5.74, 6) is 0.841. The standard InChI is InChI=1S/C20H27N3O5S/c1-14-19(15(2)28-21-14)13-22(3)20(24)16-6-5-11-23(12-16)29(25,26)18-9-7-17(27-4)8-10-18/h7-10,16H,5-6,11-13H2,1-4H3. The van der Waals surface area contributed by atoms with Crippen molar-refractivity contribution in [2.24, 2.45) is 5.92 Å². The van der Waals surface area contributed by atoms with Gasteiger partial charge in [0.1, 0.15) is 11.5 Å². The van der Waals surface area contributed by atoms with Gasteiger partial charge in [-0.1, -0.05) is 5.16 Å². The molecule has 1 unspecified atom stereocenters. The van der Waals surface area contributed by atoms with Gasteiger partial charge in [0.15, 0.2) is 0 Å². The molecule has 29 heavy (non-hydrogen) atoms. The molecule has 1 aliphatic heterocycles. The predicted octanol–water partition coefficient (Wildman–Crippen LogP) is 2.36. The first kappa shape index (κ1) is 21.3. The van der Waals surface area contributed by atoms with E-state index in [-0.39, 0.29) is 23.3 Å². The van der Waals surface area contributed by atoms with Crippen LogP contribution in [-0.4, -0.2) is 55.9 Å². The third-order valence-corrected chi connectivity index (χ3v) is 7.26. The molecule has 1 aromatic heterocycles. The van der Waals surface area contributed by atoms with Crippen LogP contribution in [0.2, 0.25) is 0 Å². The van der Waals surface area contributed by atoms with Gasteiger partial charge >= 0.3 is 0 Å². The maximum atomic E-state index is 13.0. The Morgan fingerprint density at radius 2 is 2.00 bits per heavy atom. The summed E-state index contributed by atoms with van der Waals surface area (Å²) in [5, 5.41) is 3.92. The van der Waals surface area contributed by atoms with Crippen molar-refractivity contribution in [2.75, 3.05) is 27.2 Å². The quantitative estimate of drug-likeness (QED) is 0.711. The minimum absolute atomic E-state index is 0.0698. The maximum Gasteiger partial charge on any atom is 0.243 e. The number of ether oxygens (including phenoxy) is 1.